The summed E-state index contributed by atoms with van der Waals surface area (Å²) < 4.78 is 18.2. The number of methoxy groups -OCH3 is 1. The third kappa shape index (κ3) is 7.18. The maximum absolute atomic E-state index is 13.5. The molecule has 0 saturated heterocycles. The van der Waals surface area contributed by atoms with Crippen LogP contribution in [0.5, 0.6) is 0 Å². The molecule has 0 bridgehead atoms. The molecule has 0 aliphatic carbocycles. The van der Waals surface area contributed by atoms with Gasteiger partial charge in [0.25, 0.3) is 5.69 Å². The van der Waals surface area contributed by atoms with Gasteiger partial charge in [-0.3, -0.25) is 19.7 Å². The van der Waals surface area contributed by atoms with Crippen LogP contribution >= 0.6 is 0 Å². The van der Waals surface area contributed by atoms with Crippen LogP contribution in [0, 0.1) is 15.9 Å². The molecule has 2 atom stereocenters. The molecule has 0 aromatic heterocycles. The van der Waals surface area contributed by atoms with Gasteiger partial charge >= 0.3 is 5.97 Å². The molecule has 0 aliphatic heterocycles. The highest BCUT2D eigenvalue weighted by atomic mass is 19.1. The highest BCUT2D eigenvalue weighted by Gasteiger charge is 2.27. The number of nitrogens with zero attached hydrogens (tertiary/aromatic N) is 1. The molecule has 0 spiro atoms. The molecule has 0 fully saturated rings. The van der Waals surface area contributed by atoms with E-state index < -0.39 is 40.6 Å². The third-order valence-corrected chi connectivity index (χ3v) is 4.41. The lowest BCUT2D eigenvalue weighted by Crippen LogP contribution is -2.53. The highest BCUT2D eigenvalue weighted by molar-refractivity contribution is 5.90. The Morgan fingerprint density at radius 3 is 2.23 bits per heavy atom. The Morgan fingerprint density at radius 1 is 1.03 bits per heavy atom. The van der Waals surface area contributed by atoms with Crippen LogP contribution in [0.4, 0.5) is 10.1 Å². The molecule has 0 aliphatic rings. The molecule has 0 heterocycles. The Kier molecular flexibility index (Phi) is 8.18. The maximum Gasteiger partial charge on any atom is 0.328 e. The van der Waals surface area contributed by atoms with E-state index >= 15 is 0 Å². The van der Waals surface area contributed by atoms with Crippen molar-refractivity contribution in [2.75, 3.05) is 7.11 Å². The number of benzene rings is 2. The van der Waals surface area contributed by atoms with Crippen LogP contribution in [0.1, 0.15) is 18.1 Å². The second-order valence-corrected chi connectivity index (χ2v) is 6.80. The molecule has 2 aromatic carbocycles. The summed E-state index contributed by atoms with van der Waals surface area (Å²) in [5.41, 5.74) is 0.935. The number of non-ortho nitro benzene ring substituents is 1. The second-order valence-electron chi connectivity index (χ2n) is 6.80. The Labute approximate surface area is 177 Å². The SMILES string of the molecule is COC(=O)[C@H](Cc1ccc([N+](=O)[O-])cc1)NC(=O)[C@H](Cc1cccc(F)c1)NC(C)=O. The van der Waals surface area contributed by atoms with Gasteiger partial charge in [0.15, 0.2) is 0 Å². The molecular formula is C21H22FN3O6. The summed E-state index contributed by atoms with van der Waals surface area (Å²) in [6, 6.07) is 8.97. The van der Waals surface area contributed by atoms with E-state index in [1.54, 1.807) is 6.07 Å². The van der Waals surface area contributed by atoms with E-state index in [9.17, 15) is 28.9 Å². The number of halogens is 1. The maximum atomic E-state index is 13.5. The summed E-state index contributed by atoms with van der Waals surface area (Å²) in [4.78, 5) is 46.8. The number of hydrogen-bond acceptors (Lipinski definition) is 6. The van der Waals surface area contributed by atoms with Crippen molar-refractivity contribution in [3.8, 4) is 0 Å². The van der Waals surface area contributed by atoms with E-state index in [0.29, 0.717) is 11.1 Å². The van der Waals surface area contributed by atoms with Crippen molar-refractivity contribution in [3.05, 3.63) is 75.6 Å². The fourth-order valence-corrected chi connectivity index (χ4v) is 2.95. The van der Waals surface area contributed by atoms with E-state index in [1.165, 1.54) is 49.4 Å². The van der Waals surface area contributed by atoms with Gasteiger partial charge in [-0.25, -0.2) is 9.18 Å². The number of amides is 2. The van der Waals surface area contributed by atoms with Gasteiger partial charge in [-0.2, -0.15) is 0 Å². The van der Waals surface area contributed by atoms with Gasteiger partial charge < -0.3 is 15.4 Å². The largest absolute Gasteiger partial charge is 0.467 e. The smallest absolute Gasteiger partial charge is 0.328 e. The van der Waals surface area contributed by atoms with Gasteiger partial charge in [0.2, 0.25) is 11.8 Å². The predicted molar refractivity (Wildman–Crippen MR) is 108 cm³/mol. The highest BCUT2D eigenvalue weighted by Crippen LogP contribution is 2.14. The molecule has 2 rings (SSSR count). The van der Waals surface area contributed by atoms with Crippen LogP contribution < -0.4 is 10.6 Å². The first kappa shape index (κ1) is 23.5. The fourth-order valence-electron chi connectivity index (χ4n) is 2.95. The third-order valence-electron chi connectivity index (χ3n) is 4.41. The lowest BCUT2D eigenvalue weighted by atomic mass is 10.0. The van der Waals surface area contributed by atoms with Crippen molar-refractivity contribution >= 4 is 23.5 Å². The summed E-state index contributed by atoms with van der Waals surface area (Å²) in [5.74, 6) is -2.33. The van der Waals surface area contributed by atoms with E-state index in [2.05, 4.69) is 10.6 Å². The number of hydrogen-bond donors (Lipinski definition) is 2. The minimum Gasteiger partial charge on any atom is -0.467 e. The number of rotatable bonds is 9. The zero-order chi connectivity index (χ0) is 23.0. The molecule has 164 valence electrons. The van der Waals surface area contributed by atoms with Crippen LogP contribution in [0.25, 0.3) is 0 Å². The van der Waals surface area contributed by atoms with Gasteiger partial charge in [-0.05, 0) is 23.3 Å². The minimum absolute atomic E-state index is 0.00853. The van der Waals surface area contributed by atoms with Crippen molar-refractivity contribution in [1.29, 1.82) is 0 Å². The minimum atomic E-state index is -1.09. The van der Waals surface area contributed by atoms with Gasteiger partial charge in [0.05, 0.1) is 12.0 Å². The first-order chi connectivity index (χ1) is 14.7. The van der Waals surface area contributed by atoms with E-state index in [-0.39, 0.29) is 18.5 Å². The fraction of sp³-hybridized carbons (Fsp3) is 0.286. The van der Waals surface area contributed by atoms with E-state index in [4.69, 9.17) is 4.74 Å². The van der Waals surface area contributed by atoms with E-state index in [1.807, 2.05) is 0 Å². The summed E-state index contributed by atoms with van der Waals surface area (Å²) >= 11 is 0. The van der Waals surface area contributed by atoms with Crippen molar-refractivity contribution < 1.29 is 28.4 Å². The number of ether oxygens (including phenoxy) is 1. The molecule has 0 unspecified atom stereocenters. The number of carbonyl (C=O) groups excluding carboxylic acids is 3. The predicted octanol–water partition coefficient (Wildman–Crippen LogP) is 1.68. The Balaban J connectivity index is 2.17. The molecule has 2 amide bonds. The molecule has 0 radical (unpaired) electrons. The van der Waals surface area contributed by atoms with Crippen LogP contribution in [0.3, 0.4) is 0 Å². The normalized spacial score (nSPS) is 12.4. The number of nitro groups is 1. The molecule has 0 saturated carbocycles. The zero-order valence-electron chi connectivity index (χ0n) is 17.0. The quantitative estimate of drug-likeness (QED) is 0.353. The van der Waals surface area contributed by atoms with Crippen molar-refractivity contribution in [2.45, 2.75) is 31.8 Å². The summed E-state index contributed by atoms with van der Waals surface area (Å²) in [7, 11) is 1.16. The molecule has 31 heavy (non-hydrogen) atoms. The van der Waals surface area contributed by atoms with Crippen LogP contribution in [-0.2, 0) is 32.0 Å². The summed E-state index contributed by atoms with van der Waals surface area (Å²) in [5, 5.41) is 15.8. The lowest BCUT2D eigenvalue weighted by Gasteiger charge is -2.22. The zero-order valence-corrected chi connectivity index (χ0v) is 17.0. The van der Waals surface area contributed by atoms with Crippen molar-refractivity contribution in [3.63, 3.8) is 0 Å². The first-order valence-electron chi connectivity index (χ1n) is 9.32. The lowest BCUT2D eigenvalue weighted by molar-refractivity contribution is -0.384. The Bertz CT molecular complexity index is 964. The molecule has 9 nitrogen and oxygen atoms in total. The Morgan fingerprint density at radius 2 is 1.68 bits per heavy atom. The van der Waals surface area contributed by atoms with Gasteiger partial charge in [0, 0.05) is 31.9 Å². The van der Waals surface area contributed by atoms with Crippen LogP contribution in [0.15, 0.2) is 48.5 Å². The molecule has 10 heteroatoms. The average Bonchev–Trinajstić information content (AvgIpc) is 2.72. The average molecular weight is 431 g/mol. The summed E-state index contributed by atoms with van der Waals surface area (Å²) in [6.45, 7) is 1.24. The Hall–Kier alpha value is -3.82. The number of nitrogens with one attached hydrogen (secondary N) is 2. The first-order valence-corrected chi connectivity index (χ1v) is 9.32. The monoisotopic (exact) mass is 431 g/mol. The topological polar surface area (TPSA) is 128 Å². The second kappa shape index (κ2) is 10.8. The van der Waals surface area contributed by atoms with Crippen molar-refractivity contribution in [2.24, 2.45) is 0 Å². The molecule has 2 aromatic rings. The van der Waals surface area contributed by atoms with Gasteiger partial charge in [0.1, 0.15) is 17.9 Å². The van der Waals surface area contributed by atoms with Crippen molar-refractivity contribution in [1.82, 2.24) is 10.6 Å². The molecule has 2 N–H and O–H groups in total. The molecular weight excluding hydrogens is 409 g/mol. The number of carbonyl (C=O) groups is 3. The van der Waals surface area contributed by atoms with Gasteiger partial charge in [-0.15, -0.1) is 0 Å². The van der Waals surface area contributed by atoms with Gasteiger partial charge in [-0.1, -0.05) is 24.3 Å². The van der Waals surface area contributed by atoms with Crippen LogP contribution in [-0.4, -0.2) is 41.9 Å². The summed E-state index contributed by atoms with van der Waals surface area (Å²) in [6.07, 6.45) is 0.0256. The standard InChI is InChI=1S/C21H22FN3O6/c1-13(26)23-18(12-15-4-3-5-16(22)10-15)20(27)24-19(21(28)31-2)11-14-6-8-17(9-7-14)25(29)30/h3-10,18-19H,11-12H2,1-2H3,(H,23,26)(H,24,27)/t18-,19-/m0/s1. The number of esters is 1. The van der Waals surface area contributed by atoms with E-state index in [0.717, 1.165) is 7.11 Å². The number of nitro benzene ring substituents is 1. The van der Waals surface area contributed by atoms with Crippen LogP contribution in [0.2, 0.25) is 0 Å².